The molecule has 1 heterocycles. The van der Waals surface area contributed by atoms with Crippen molar-refractivity contribution in [3.63, 3.8) is 0 Å². The lowest BCUT2D eigenvalue weighted by molar-refractivity contribution is -0.122. The third-order valence-corrected chi connectivity index (χ3v) is 4.44. The van der Waals surface area contributed by atoms with E-state index in [0.29, 0.717) is 18.5 Å². The van der Waals surface area contributed by atoms with Gasteiger partial charge in [-0.1, -0.05) is 6.07 Å². The summed E-state index contributed by atoms with van der Waals surface area (Å²) in [7, 11) is 0. The van der Waals surface area contributed by atoms with Crippen molar-refractivity contribution < 1.29 is 9.90 Å². The third kappa shape index (κ3) is 3.74. The van der Waals surface area contributed by atoms with Crippen LogP contribution in [0.2, 0.25) is 0 Å². The number of likely N-dealkylation sites (tertiary alicyclic amines) is 1. The zero-order valence-corrected chi connectivity index (χ0v) is 13.0. The molecule has 2 rings (SSSR count). The third-order valence-electron chi connectivity index (χ3n) is 4.44. The van der Waals surface area contributed by atoms with Gasteiger partial charge in [-0.3, -0.25) is 9.69 Å². The Kier molecular flexibility index (Phi) is 4.54. The molecule has 1 aliphatic rings. The topological polar surface area (TPSA) is 78.6 Å². The Balaban J connectivity index is 1.99. The number of piperidine rings is 1. The van der Waals surface area contributed by atoms with Crippen LogP contribution < -0.4 is 11.1 Å². The molecular formula is C16H25N3O2. The number of carbonyl (C=O) groups is 1. The van der Waals surface area contributed by atoms with Gasteiger partial charge in [0.25, 0.3) is 0 Å². The second kappa shape index (κ2) is 6.03. The fourth-order valence-electron chi connectivity index (χ4n) is 2.58. The monoisotopic (exact) mass is 291 g/mol. The molecule has 5 nitrogen and oxygen atoms in total. The van der Waals surface area contributed by atoms with Crippen LogP contribution in [0.25, 0.3) is 0 Å². The summed E-state index contributed by atoms with van der Waals surface area (Å²) in [6.07, 6.45) is 1.39. The normalized spacial score (nSPS) is 20.0. The zero-order chi connectivity index (χ0) is 15.6. The van der Waals surface area contributed by atoms with E-state index in [2.05, 4.69) is 10.2 Å². The van der Waals surface area contributed by atoms with Gasteiger partial charge >= 0.3 is 0 Å². The molecule has 0 aromatic heterocycles. The second-order valence-electron chi connectivity index (χ2n) is 6.22. The summed E-state index contributed by atoms with van der Waals surface area (Å²) in [6, 6.07) is 5.29. The summed E-state index contributed by atoms with van der Waals surface area (Å²) in [4.78, 5) is 14.5. The SMILES string of the molecule is Cc1c(N)cccc1NC(=O)C(C)N1CCC(C)(O)CC1. The Bertz CT molecular complexity index is 518. The number of anilines is 2. The van der Waals surface area contributed by atoms with Crippen LogP contribution in [0.1, 0.15) is 32.3 Å². The molecule has 0 spiro atoms. The van der Waals surface area contributed by atoms with Crippen molar-refractivity contribution in [3.8, 4) is 0 Å². The van der Waals surface area contributed by atoms with E-state index in [1.165, 1.54) is 0 Å². The average molecular weight is 291 g/mol. The van der Waals surface area contributed by atoms with Gasteiger partial charge in [0.1, 0.15) is 0 Å². The van der Waals surface area contributed by atoms with Crippen LogP contribution in [0, 0.1) is 6.92 Å². The van der Waals surface area contributed by atoms with Gasteiger partial charge in [-0.05, 0) is 51.3 Å². The Labute approximate surface area is 126 Å². The molecule has 1 fully saturated rings. The standard InChI is InChI=1S/C16H25N3O2/c1-11-13(17)5-4-6-14(11)18-15(20)12(2)19-9-7-16(3,21)8-10-19/h4-6,12,21H,7-10,17H2,1-3H3,(H,18,20). The van der Waals surface area contributed by atoms with Crippen molar-refractivity contribution in [3.05, 3.63) is 23.8 Å². The van der Waals surface area contributed by atoms with Crippen LogP contribution in [0.5, 0.6) is 0 Å². The molecule has 0 radical (unpaired) electrons. The molecule has 1 aliphatic heterocycles. The van der Waals surface area contributed by atoms with E-state index in [1.807, 2.05) is 39.0 Å². The smallest absolute Gasteiger partial charge is 0.241 e. The van der Waals surface area contributed by atoms with Gasteiger partial charge < -0.3 is 16.2 Å². The number of nitrogens with zero attached hydrogens (tertiary/aromatic N) is 1. The Morgan fingerprint density at radius 2 is 2.05 bits per heavy atom. The molecule has 21 heavy (non-hydrogen) atoms. The zero-order valence-electron chi connectivity index (χ0n) is 13.0. The average Bonchev–Trinajstić information content (AvgIpc) is 2.43. The number of hydrogen-bond acceptors (Lipinski definition) is 4. The van der Waals surface area contributed by atoms with Crippen molar-refractivity contribution in [2.75, 3.05) is 24.1 Å². The highest BCUT2D eigenvalue weighted by atomic mass is 16.3. The van der Waals surface area contributed by atoms with Gasteiger partial charge in [0.2, 0.25) is 5.91 Å². The number of aliphatic hydroxyl groups is 1. The Morgan fingerprint density at radius 3 is 2.67 bits per heavy atom. The first-order valence-electron chi connectivity index (χ1n) is 7.42. The molecule has 0 saturated carbocycles. The van der Waals surface area contributed by atoms with Crippen molar-refractivity contribution in [1.29, 1.82) is 0 Å². The number of nitrogen functional groups attached to an aromatic ring is 1. The number of nitrogens with one attached hydrogen (secondary N) is 1. The molecule has 4 N–H and O–H groups in total. The summed E-state index contributed by atoms with van der Waals surface area (Å²) in [5.74, 6) is -0.0368. The number of nitrogens with two attached hydrogens (primary N) is 1. The van der Waals surface area contributed by atoms with Crippen molar-refractivity contribution in [1.82, 2.24) is 4.90 Å². The maximum atomic E-state index is 12.4. The minimum Gasteiger partial charge on any atom is -0.398 e. The minimum absolute atomic E-state index is 0.0368. The number of benzene rings is 1. The van der Waals surface area contributed by atoms with Crippen molar-refractivity contribution in [2.24, 2.45) is 0 Å². The lowest BCUT2D eigenvalue weighted by Gasteiger charge is -2.38. The van der Waals surface area contributed by atoms with E-state index in [-0.39, 0.29) is 11.9 Å². The second-order valence-corrected chi connectivity index (χ2v) is 6.22. The van der Waals surface area contributed by atoms with Crippen LogP contribution >= 0.6 is 0 Å². The van der Waals surface area contributed by atoms with Crippen molar-refractivity contribution >= 4 is 17.3 Å². The van der Waals surface area contributed by atoms with Crippen LogP contribution in [0.3, 0.4) is 0 Å². The molecule has 116 valence electrons. The van der Waals surface area contributed by atoms with E-state index in [0.717, 1.165) is 24.3 Å². The highest BCUT2D eigenvalue weighted by Crippen LogP contribution is 2.24. The number of rotatable bonds is 3. The molecule has 5 heteroatoms. The fraction of sp³-hybridized carbons (Fsp3) is 0.562. The molecular weight excluding hydrogens is 266 g/mol. The van der Waals surface area contributed by atoms with Crippen LogP contribution in [-0.4, -0.2) is 40.6 Å². The first-order chi connectivity index (χ1) is 9.80. The van der Waals surface area contributed by atoms with E-state index in [1.54, 1.807) is 0 Å². The number of carbonyl (C=O) groups excluding carboxylic acids is 1. The summed E-state index contributed by atoms with van der Waals surface area (Å²) in [6.45, 7) is 7.12. The first-order valence-corrected chi connectivity index (χ1v) is 7.42. The predicted molar refractivity (Wildman–Crippen MR) is 85.1 cm³/mol. The van der Waals surface area contributed by atoms with E-state index in [9.17, 15) is 9.90 Å². The molecule has 1 unspecified atom stereocenters. The largest absolute Gasteiger partial charge is 0.398 e. The lowest BCUT2D eigenvalue weighted by atomic mass is 9.93. The summed E-state index contributed by atoms with van der Waals surface area (Å²) in [5.41, 5.74) is 7.58. The Morgan fingerprint density at radius 1 is 1.43 bits per heavy atom. The van der Waals surface area contributed by atoms with Gasteiger partial charge in [-0.25, -0.2) is 0 Å². The summed E-state index contributed by atoms with van der Waals surface area (Å²) in [5, 5.41) is 12.9. The Hall–Kier alpha value is -1.59. The first kappa shape index (κ1) is 15.8. The summed E-state index contributed by atoms with van der Waals surface area (Å²) >= 11 is 0. The van der Waals surface area contributed by atoms with Gasteiger partial charge in [0, 0.05) is 24.5 Å². The quantitative estimate of drug-likeness (QED) is 0.741. The van der Waals surface area contributed by atoms with Crippen LogP contribution in [-0.2, 0) is 4.79 Å². The number of hydrogen-bond donors (Lipinski definition) is 3. The van der Waals surface area contributed by atoms with Gasteiger partial charge in [0.15, 0.2) is 0 Å². The highest BCUT2D eigenvalue weighted by molar-refractivity contribution is 5.95. The highest BCUT2D eigenvalue weighted by Gasteiger charge is 2.31. The molecule has 1 amide bonds. The summed E-state index contributed by atoms with van der Waals surface area (Å²) < 4.78 is 0. The molecule has 0 aliphatic carbocycles. The lowest BCUT2D eigenvalue weighted by Crippen LogP contribution is -2.50. The van der Waals surface area contributed by atoms with Gasteiger partial charge in [0.05, 0.1) is 11.6 Å². The van der Waals surface area contributed by atoms with Gasteiger partial charge in [-0.15, -0.1) is 0 Å². The number of amides is 1. The fourth-order valence-corrected chi connectivity index (χ4v) is 2.58. The molecule has 0 bridgehead atoms. The van der Waals surface area contributed by atoms with E-state index in [4.69, 9.17) is 5.73 Å². The molecule has 1 aromatic rings. The minimum atomic E-state index is -0.600. The maximum absolute atomic E-state index is 12.4. The maximum Gasteiger partial charge on any atom is 0.241 e. The molecule has 1 aromatic carbocycles. The van der Waals surface area contributed by atoms with Gasteiger partial charge in [-0.2, -0.15) is 0 Å². The van der Waals surface area contributed by atoms with Crippen molar-refractivity contribution in [2.45, 2.75) is 45.3 Å². The van der Waals surface area contributed by atoms with E-state index < -0.39 is 5.60 Å². The van der Waals surface area contributed by atoms with E-state index >= 15 is 0 Å². The van der Waals surface area contributed by atoms with Crippen LogP contribution in [0.4, 0.5) is 11.4 Å². The molecule has 1 saturated heterocycles. The van der Waals surface area contributed by atoms with Crippen LogP contribution in [0.15, 0.2) is 18.2 Å². The molecule has 1 atom stereocenters. The predicted octanol–water partition coefficient (Wildman–Crippen LogP) is 1.75.